The molecule has 0 spiro atoms. The maximum atomic E-state index is 14.7. The quantitative estimate of drug-likeness (QED) is 0.0810. The predicted molar refractivity (Wildman–Crippen MR) is 245 cm³/mol. The van der Waals surface area contributed by atoms with Crippen LogP contribution in [0.15, 0.2) is 115 Å². The third-order valence-corrected chi connectivity index (χ3v) is 11.6. The topological polar surface area (TPSA) is 168 Å². The fraction of sp³-hybridized carbons (Fsp3) is 0.400. The molecule has 0 aliphatic carbocycles. The molecular formula is C50H61N7O6. The van der Waals surface area contributed by atoms with Crippen LogP contribution in [0.3, 0.4) is 0 Å². The van der Waals surface area contributed by atoms with Gasteiger partial charge < -0.3 is 30.6 Å². The minimum atomic E-state index is -1.24. The van der Waals surface area contributed by atoms with Gasteiger partial charge in [0.05, 0.1) is 35.6 Å². The number of pyridine rings is 2. The molecule has 5 aromatic rings. The van der Waals surface area contributed by atoms with Crippen LogP contribution in [0.2, 0.25) is 0 Å². The number of fused-ring (bicyclic) bond motifs is 1. The van der Waals surface area contributed by atoms with E-state index in [1.165, 1.54) is 7.05 Å². The summed E-state index contributed by atoms with van der Waals surface area (Å²) in [5, 5.41) is 29.5. The van der Waals surface area contributed by atoms with Crippen LogP contribution in [0.5, 0.6) is 0 Å². The van der Waals surface area contributed by atoms with Gasteiger partial charge in [0.1, 0.15) is 12.1 Å². The van der Waals surface area contributed by atoms with Gasteiger partial charge in [0.15, 0.2) is 0 Å². The van der Waals surface area contributed by atoms with Crippen molar-refractivity contribution in [2.75, 3.05) is 20.1 Å². The zero-order valence-electron chi connectivity index (χ0n) is 37.4. The number of hydrogen-bond donors (Lipinski definition) is 4. The van der Waals surface area contributed by atoms with E-state index in [1.807, 2.05) is 130 Å². The van der Waals surface area contributed by atoms with Crippen LogP contribution in [0.4, 0.5) is 9.59 Å². The van der Waals surface area contributed by atoms with Gasteiger partial charge in [0, 0.05) is 43.3 Å². The number of hydrogen-bond acceptors (Lipinski definition) is 7. The molecule has 1 aliphatic heterocycles. The molecule has 332 valence electrons. The van der Waals surface area contributed by atoms with Gasteiger partial charge in [-0.2, -0.15) is 0 Å². The first-order chi connectivity index (χ1) is 29.9. The first-order valence-electron chi connectivity index (χ1n) is 21.6. The van der Waals surface area contributed by atoms with E-state index >= 15 is 0 Å². The number of carboxylic acid groups (broad SMARTS) is 1. The zero-order valence-corrected chi connectivity index (χ0v) is 37.4. The van der Waals surface area contributed by atoms with Gasteiger partial charge >= 0.3 is 12.1 Å². The molecule has 0 bridgehead atoms. The average Bonchev–Trinajstić information content (AvgIpc) is 3.58. The molecule has 0 saturated carbocycles. The maximum Gasteiger partial charge on any atom is 0.407 e. The Morgan fingerprint density at radius 2 is 1.43 bits per heavy atom. The van der Waals surface area contributed by atoms with E-state index in [2.05, 4.69) is 15.6 Å². The molecule has 3 heterocycles. The molecule has 13 heteroatoms. The standard InChI is InChI=1S/C50H61N7O6/c1-49(2,3)43(55(7)48(62)63)45(59)53-38(29-34-20-22-36(23-21-34)39-18-13-14-26-51-39)31-42(58)41(30-33-15-9-8-10-16-33)54-46(60)44(50(4,5)6)57-28-27-56(47(57)61)32-37-25-24-35-17-11-12-19-40(35)52-37/h8-26,38,41-44,58H,27-32H2,1-7H3,(H,53,59)(H,54,60)(H,62,63)/t38-,41-,42-,43+,44+/m0/s1. The maximum absolute atomic E-state index is 14.7. The second-order valence-electron chi connectivity index (χ2n) is 18.8. The molecule has 0 radical (unpaired) electrons. The lowest BCUT2D eigenvalue weighted by atomic mass is 9.84. The number of carbonyl (C=O) groups is 4. The Morgan fingerprint density at radius 1 is 0.762 bits per heavy atom. The van der Waals surface area contributed by atoms with Crippen LogP contribution >= 0.6 is 0 Å². The van der Waals surface area contributed by atoms with Crippen molar-refractivity contribution in [3.63, 3.8) is 0 Å². The lowest BCUT2D eigenvalue weighted by Crippen LogP contribution is -2.59. The number of urea groups is 1. The number of carbonyl (C=O) groups excluding carboxylic acids is 3. The first kappa shape index (κ1) is 46.2. The average molecular weight is 856 g/mol. The number of amides is 5. The monoisotopic (exact) mass is 855 g/mol. The van der Waals surface area contributed by atoms with Crippen molar-refractivity contribution in [2.24, 2.45) is 10.8 Å². The van der Waals surface area contributed by atoms with E-state index in [1.54, 1.807) is 36.8 Å². The highest BCUT2D eigenvalue weighted by Crippen LogP contribution is 2.30. The molecule has 2 aromatic heterocycles. The van der Waals surface area contributed by atoms with Crippen LogP contribution in [0, 0.1) is 10.8 Å². The Hall–Kier alpha value is -6.34. The normalized spacial score (nSPS) is 15.7. The van der Waals surface area contributed by atoms with Gasteiger partial charge in [-0.3, -0.25) is 24.5 Å². The fourth-order valence-electron chi connectivity index (χ4n) is 8.61. The number of aliphatic hydroxyl groups is 1. The Labute approximate surface area is 370 Å². The van der Waals surface area contributed by atoms with Gasteiger partial charge in [0.2, 0.25) is 11.8 Å². The molecule has 3 aromatic carbocycles. The smallest absolute Gasteiger partial charge is 0.407 e. The molecular weight excluding hydrogens is 795 g/mol. The van der Waals surface area contributed by atoms with Gasteiger partial charge in [-0.05, 0) is 65.5 Å². The summed E-state index contributed by atoms with van der Waals surface area (Å²) < 4.78 is 0. The molecule has 63 heavy (non-hydrogen) atoms. The molecule has 1 saturated heterocycles. The zero-order chi connectivity index (χ0) is 45.5. The largest absolute Gasteiger partial charge is 0.465 e. The van der Waals surface area contributed by atoms with E-state index in [-0.39, 0.29) is 18.9 Å². The first-order valence-corrected chi connectivity index (χ1v) is 21.6. The molecule has 4 N–H and O–H groups in total. The molecule has 5 atom stereocenters. The van der Waals surface area contributed by atoms with Gasteiger partial charge in [-0.15, -0.1) is 0 Å². The number of aliphatic hydroxyl groups excluding tert-OH is 1. The lowest BCUT2D eigenvalue weighted by Gasteiger charge is -2.38. The highest BCUT2D eigenvalue weighted by atomic mass is 16.4. The number of benzene rings is 3. The van der Waals surface area contributed by atoms with Gasteiger partial charge in [-0.25, -0.2) is 9.59 Å². The number of para-hydroxylation sites is 1. The van der Waals surface area contributed by atoms with Crippen molar-refractivity contribution >= 4 is 34.8 Å². The van der Waals surface area contributed by atoms with Crippen molar-refractivity contribution in [3.8, 4) is 11.3 Å². The predicted octanol–water partition coefficient (Wildman–Crippen LogP) is 7.18. The van der Waals surface area contributed by atoms with Crippen LogP contribution < -0.4 is 10.6 Å². The van der Waals surface area contributed by atoms with E-state index in [0.717, 1.165) is 43.9 Å². The van der Waals surface area contributed by atoms with E-state index in [0.29, 0.717) is 26.1 Å². The van der Waals surface area contributed by atoms with Crippen molar-refractivity contribution in [3.05, 3.63) is 132 Å². The second-order valence-corrected chi connectivity index (χ2v) is 18.8. The van der Waals surface area contributed by atoms with E-state index < -0.39 is 59.0 Å². The van der Waals surface area contributed by atoms with Crippen molar-refractivity contribution in [2.45, 2.75) is 97.6 Å². The summed E-state index contributed by atoms with van der Waals surface area (Å²) in [4.78, 5) is 68.7. The third kappa shape index (κ3) is 11.8. The molecule has 5 amide bonds. The van der Waals surface area contributed by atoms with Gasteiger partial charge in [-0.1, -0.05) is 126 Å². The summed E-state index contributed by atoms with van der Waals surface area (Å²) in [5.41, 5.74) is 3.63. The van der Waals surface area contributed by atoms with Crippen molar-refractivity contribution < 1.29 is 29.4 Å². The number of rotatable bonds is 16. The molecule has 1 fully saturated rings. The Bertz CT molecular complexity index is 2350. The summed E-state index contributed by atoms with van der Waals surface area (Å²) in [6, 6.07) is 31.1. The summed E-state index contributed by atoms with van der Waals surface area (Å²) >= 11 is 0. The third-order valence-electron chi connectivity index (χ3n) is 11.6. The highest BCUT2D eigenvalue weighted by molar-refractivity contribution is 5.89. The Balaban J connectivity index is 1.26. The Kier molecular flexibility index (Phi) is 14.5. The van der Waals surface area contributed by atoms with Crippen LogP contribution in [0.1, 0.15) is 64.8 Å². The molecule has 1 aliphatic rings. The van der Waals surface area contributed by atoms with Crippen LogP contribution in [-0.2, 0) is 29.0 Å². The van der Waals surface area contributed by atoms with E-state index in [9.17, 15) is 29.4 Å². The van der Waals surface area contributed by atoms with Crippen molar-refractivity contribution in [1.29, 1.82) is 0 Å². The lowest BCUT2D eigenvalue weighted by molar-refractivity contribution is -0.131. The van der Waals surface area contributed by atoms with Crippen LogP contribution in [-0.4, -0.2) is 109 Å². The molecule has 0 unspecified atom stereocenters. The number of nitrogens with zero attached hydrogens (tertiary/aromatic N) is 5. The summed E-state index contributed by atoms with van der Waals surface area (Å²) in [7, 11) is 1.37. The van der Waals surface area contributed by atoms with Crippen LogP contribution in [0.25, 0.3) is 22.2 Å². The summed E-state index contributed by atoms with van der Waals surface area (Å²) in [6.45, 7) is 12.2. The fourth-order valence-corrected chi connectivity index (χ4v) is 8.61. The van der Waals surface area contributed by atoms with Gasteiger partial charge in [0.25, 0.3) is 0 Å². The summed E-state index contributed by atoms with van der Waals surface area (Å²) in [6.07, 6.45) is -0.0930. The number of aromatic nitrogens is 2. The highest BCUT2D eigenvalue weighted by Gasteiger charge is 2.45. The van der Waals surface area contributed by atoms with E-state index in [4.69, 9.17) is 4.98 Å². The number of nitrogens with one attached hydrogen (secondary N) is 2. The minimum Gasteiger partial charge on any atom is -0.465 e. The number of likely N-dealkylation sites (N-methyl/N-ethyl adjacent to an activating group) is 1. The summed E-state index contributed by atoms with van der Waals surface area (Å²) in [5.74, 6) is -0.898. The molecule has 13 nitrogen and oxygen atoms in total. The second kappa shape index (κ2) is 19.8. The molecule has 6 rings (SSSR count). The van der Waals surface area contributed by atoms with Crippen molar-refractivity contribution in [1.82, 2.24) is 35.3 Å². The SMILES string of the molecule is CN(C(=O)O)[C@H](C(=O)N[C@@H](Cc1ccc(-c2ccccn2)cc1)C[C@H](O)[C@H](Cc1ccccc1)NC(=O)[C@@H](N1CCN(Cc2ccc3ccccc3n2)C1=O)C(C)(C)C)C(C)(C)C. The Morgan fingerprint density at radius 3 is 2.08 bits per heavy atom. The minimum absolute atomic E-state index is 0.0223.